The molecular weight excluding hydrogens is 385 g/mol. The molecule has 1 amide bonds. The minimum absolute atomic E-state index is 0.1000. The Morgan fingerprint density at radius 2 is 1.81 bits per heavy atom. The maximum Gasteiger partial charge on any atom is 0.226 e. The Hall–Kier alpha value is -2.45. The molecule has 0 unspecified atom stereocenters. The average Bonchev–Trinajstić information content (AvgIpc) is 3.13. The fraction of sp³-hybridized carbons (Fsp3) is 0.211. The van der Waals surface area contributed by atoms with E-state index < -0.39 is 0 Å². The summed E-state index contributed by atoms with van der Waals surface area (Å²) in [7, 11) is 1.62. The average molecular weight is 404 g/mol. The lowest BCUT2D eigenvalue weighted by atomic mass is 10.1. The number of rotatable bonds is 8. The molecule has 0 bridgehead atoms. The predicted molar refractivity (Wildman–Crippen MR) is 106 cm³/mol. The highest BCUT2D eigenvalue weighted by atomic mass is 32.2. The van der Waals surface area contributed by atoms with E-state index in [1.165, 1.54) is 35.2 Å². The molecule has 8 heteroatoms. The van der Waals surface area contributed by atoms with Crippen LogP contribution in [0.4, 0.5) is 9.52 Å². The van der Waals surface area contributed by atoms with E-state index in [1.54, 1.807) is 19.2 Å². The van der Waals surface area contributed by atoms with Gasteiger partial charge >= 0.3 is 0 Å². The van der Waals surface area contributed by atoms with Gasteiger partial charge in [-0.3, -0.25) is 4.79 Å². The van der Waals surface area contributed by atoms with Gasteiger partial charge in [0.05, 0.1) is 7.11 Å². The van der Waals surface area contributed by atoms with Crippen LogP contribution in [0.2, 0.25) is 0 Å². The van der Waals surface area contributed by atoms with Crippen molar-refractivity contribution in [3.8, 4) is 5.75 Å². The molecule has 27 heavy (non-hydrogen) atoms. The van der Waals surface area contributed by atoms with Crippen molar-refractivity contribution in [3.05, 3.63) is 65.5 Å². The normalized spacial score (nSPS) is 10.6. The highest BCUT2D eigenvalue weighted by Gasteiger charge is 2.09. The highest BCUT2D eigenvalue weighted by molar-refractivity contribution is 8.00. The second-order valence-electron chi connectivity index (χ2n) is 5.68. The topological polar surface area (TPSA) is 64.1 Å². The summed E-state index contributed by atoms with van der Waals surface area (Å²) in [5, 5.41) is 11.3. The Morgan fingerprint density at radius 3 is 2.52 bits per heavy atom. The van der Waals surface area contributed by atoms with Gasteiger partial charge in [0.25, 0.3) is 0 Å². The van der Waals surface area contributed by atoms with Crippen molar-refractivity contribution in [1.29, 1.82) is 0 Å². The van der Waals surface area contributed by atoms with Crippen LogP contribution in [0.5, 0.6) is 5.75 Å². The van der Waals surface area contributed by atoms with Crippen molar-refractivity contribution in [3.63, 3.8) is 0 Å². The van der Waals surface area contributed by atoms with Crippen LogP contribution < -0.4 is 10.1 Å². The van der Waals surface area contributed by atoms with Gasteiger partial charge < -0.3 is 10.1 Å². The molecule has 0 spiro atoms. The van der Waals surface area contributed by atoms with E-state index >= 15 is 0 Å². The number of hydrogen-bond donors (Lipinski definition) is 1. The highest BCUT2D eigenvalue weighted by Crippen LogP contribution is 2.28. The molecule has 1 heterocycles. The molecule has 3 rings (SSSR count). The van der Waals surface area contributed by atoms with Crippen molar-refractivity contribution in [2.45, 2.75) is 22.9 Å². The Labute approximate surface area is 165 Å². The number of halogens is 1. The molecule has 0 saturated heterocycles. The Bertz CT molecular complexity index is 883. The molecule has 0 aliphatic heterocycles. The molecule has 1 N–H and O–H groups in total. The zero-order valence-electron chi connectivity index (χ0n) is 14.6. The smallest absolute Gasteiger partial charge is 0.226 e. The van der Waals surface area contributed by atoms with Crippen LogP contribution in [0.15, 0.2) is 52.9 Å². The Morgan fingerprint density at radius 1 is 1.11 bits per heavy atom. The van der Waals surface area contributed by atoms with E-state index in [9.17, 15) is 9.18 Å². The zero-order chi connectivity index (χ0) is 19.1. The molecule has 1 aromatic heterocycles. The van der Waals surface area contributed by atoms with E-state index in [4.69, 9.17) is 4.74 Å². The lowest BCUT2D eigenvalue weighted by molar-refractivity contribution is -0.116. The van der Waals surface area contributed by atoms with Gasteiger partial charge in [-0.1, -0.05) is 47.4 Å². The maximum atomic E-state index is 12.9. The molecule has 2 aromatic carbocycles. The van der Waals surface area contributed by atoms with Crippen LogP contribution >= 0.6 is 23.1 Å². The first-order chi connectivity index (χ1) is 13.1. The third-order valence-electron chi connectivity index (χ3n) is 3.73. The largest absolute Gasteiger partial charge is 0.497 e. The number of ether oxygens (including phenoxy) is 1. The van der Waals surface area contributed by atoms with Gasteiger partial charge in [-0.15, -0.1) is 10.2 Å². The van der Waals surface area contributed by atoms with Crippen molar-refractivity contribution >= 4 is 34.1 Å². The fourth-order valence-corrected chi connectivity index (χ4v) is 4.00. The summed E-state index contributed by atoms with van der Waals surface area (Å²) in [6.07, 6.45) is 1.00. The van der Waals surface area contributed by atoms with E-state index in [2.05, 4.69) is 15.5 Å². The quantitative estimate of drug-likeness (QED) is 0.442. The van der Waals surface area contributed by atoms with Gasteiger partial charge in [0.1, 0.15) is 11.6 Å². The maximum absolute atomic E-state index is 12.9. The number of aromatic nitrogens is 2. The summed E-state index contributed by atoms with van der Waals surface area (Å²) in [5.41, 5.74) is 2.07. The summed E-state index contributed by atoms with van der Waals surface area (Å²) < 4.78 is 18.8. The van der Waals surface area contributed by atoms with Gasteiger partial charge in [-0.2, -0.15) is 0 Å². The van der Waals surface area contributed by atoms with Crippen molar-refractivity contribution < 1.29 is 13.9 Å². The number of anilines is 1. The fourth-order valence-electron chi connectivity index (χ4n) is 2.28. The molecule has 0 saturated carbocycles. The second-order valence-corrected chi connectivity index (χ2v) is 7.88. The summed E-state index contributed by atoms with van der Waals surface area (Å²) >= 11 is 2.83. The SMILES string of the molecule is COc1ccc(CCC(=O)Nc2nnc(SCc3ccc(F)cc3)s2)cc1. The predicted octanol–water partition coefficient (Wildman–Crippen LogP) is 4.55. The number of benzene rings is 2. The minimum atomic E-state index is -0.251. The van der Waals surface area contributed by atoms with Crippen molar-refractivity contribution in [1.82, 2.24) is 10.2 Å². The van der Waals surface area contributed by atoms with E-state index in [0.29, 0.717) is 23.7 Å². The van der Waals surface area contributed by atoms with Crippen LogP contribution in [-0.4, -0.2) is 23.2 Å². The minimum Gasteiger partial charge on any atom is -0.497 e. The van der Waals surface area contributed by atoms with Gasteiger partial charge in [0.15, 0.2) is 4.34 Å². The third-order valence-corrected chi connectivity index (χ3v) is 5.77. The summed E-state index contributed by atoms with van der Waals surface area (Å²) in [6, 6.07) is 14.0. The lowest BCUT2D eigenvalue weighted by Crippen LogP contribution is -2.12. The van der Waals surface area contributed by atoms with Crippen LogP contribution in [0.25, 0.3) is 0 Å². The molecular formula is C19H18FN3O2S2. The first kappa shape index (κ1) is 19.3. The Kier molecular flexibility index (Phi) is 6.78. The number of amides is 1. The van der Waals surface area contributed by atoms with E-state index in [0.717, 1.165) is 21.2 Å². The van der Waals surface area contributed by atoms with Gasteiger partial charge in [0.2, 0.25) is 11.0 Å². The number of nitrogens with zero attached hydrogens (tertiary/aromatic N) is 2. The number of carbonyl (C=O) groups is 1. The first-order valence-electron chi connectivity index (χ1n) is 8.26. The number of hydrogen-bond acceptors (Lipinski definition) is 6. The van der Waals surface area contributed by atoms with E-state index in [-0.39, 0.29) is 11.7 Å². The van der Waals surface area contributed by atoms with Crippen LogP contribution in [0.3, 0.4) is 0 Å². The van der Waals surface area contributed by atoms with Gasteiger partial charge in [-0.05, 0) is 41.8 Å². The molecule has 3 aromatic rings. The molecule has 0 radical (unpaired) electrons. The van der Waals surface area contributed by atoms with Gasteiger partial charge in [0, 0.05) is 12.2 Å². The van der Waals surface area contributed by atoms with Crippen LogP contribution in [0.1, 0.15) is 17.5 Å². The molecule has 140 valence electrons. The molecule has 0 atom stereocenters. The van der Waals surface area contributed by atoms with Crippen LogP contribution in [-0.2, 0) is 17.0 Å². The van der Waals surface area contributed by atoms with Crippen molar-refractivity contribution in [2.24, 2.45) is 0 Å². The monoisotopic (exact) mass is 403 g/mol. The summed E-state index contributed by atoms with van der Waals surface area (Å²) in [5.74, 6) is 1.11. The summed E-state index contributed by atoms with van der Waals surface area (Å²) in [4.78, 5) is 12.1. The first-order valence-corrected chi connectivity index (χ1v) is 10.1. The zero-order valence-corrected chi connectivity index (χ0v) is 16.3. The van der Waals surface area contributed by atoms with Crippen LogP contribution in [0, 0.1) is 5.82 Å². The van der Waals surface area contributed by atoms with Crippen molar-refractivity contribution in [2.75, 3.05) is 12.4 Å². The number of thioether (sulfide) groups is 1. The molecule has 0 aliphatic carbocycles. The lowest BCUT2D eigenvalue weighted by Gasteiger charge is -2.03. The number of nitrogens with one attached hydrogen (secondary N) is 1. The number of methoxy groups -OCH3 is 1. The molecule has 0 fully saturated rings. The molecule has 5 nitrogen and oxygen atoms in total. The number of aryl methyl sites for hydroxylation is 1. The van der Waals surface area contributed by atoms with E-state index in [1.807, 2.05) is 24.3 Å². The molecule has 0 aliphatic rings. The standard InChI is InChI=1S/C19H18FN3O2S2/c1-25-16-9-4-13(5-10-16)6-11-17(24)21-18-22-23-19(27-18)26-12-14-2-7-15(20)8-3-14/h2-5,7-10H,6,11-12H2,1H3,(H,21,22,24). The Balaban J connectivity index is 1.44. The summed E-state index contributed by atoms with van der Waals surface area (Å²) in [6.45, 7) is 0. The second kappa shape index (κ2) is 9.48. The third kappa shape index (κ3) is 6.04. The van der Waals surface area contributed by atoms with Gasteiger partial charge in [-0.25, -0.2) is 4.39 Å². The number of carbonyl (C=O) groups excluding carboxylic acids is 1.